The molecular formula is C29H42N7O5S2+. The van der Waals surface area contributed by atoms with E-state index in [1.807, 2.05) is 36.4 Å². The zero-order valence-corrected chi connectivity index (χ0v) is 25.7. The number of amides is 5. The van der Waals surface area contributed by atoms with Crippen molar-refractivity contribution in [3.8, 4) is 0 Å². The molecule has 0 spiro atoms. The summed E-state index contributed by atoms with van der Waals surface area (Å²) in [5.41, 5.74) is 16.6. The first kappa shape index (κ1) is 35.6. The summed E-state index contributed by atoms with van der Waals surface area (Å²) in [4.78, 5) is 64.2. The van der Waals surface area contributed by atoms with Crippen molar-refractivity contribution in [3.05, 3.63) is 71.8 Å². The molecule has 5 amide bonds. The maximum Gasteiger partial charge on any atom is 0.253 e. The highest BCUT2D eigenvalue weighted by Gasteiger charge is 2.30. The fraction of sp³-hybridized carbons (Fsp3) is 0.414. The second-order valence-electron chi connectivity index (χ2n) is 10.0. The Kier molecular flexibility index (Phi) is 15.6. The number of nitrogens with one attached hydrogen (secondary N) is 4. The Hall–Kier alpha value is -3.59. The van der Waals surface area contributed by atoms with Gasteiger partial charge in [-0.3, -0.25) is 24.0 Å². The highest BCUT2D eigenvalue weighted by Crippen LogP contribution is 2.09. The molecule has 0 unspecified atom stereocenters. The Labute approximate surface area is 262 Å². The number of hydrogen-bond acceptors (Lipinski definition) is 8. The monoisotopic (exact) mass is 632 g/mol. The zero-order valence-electron chi connectivity index (χ0n) is 23.9. The van der Waals surface area contributed by atoms with Crippen molar-refractivity contribution in [1.82, 2.24) is 21.3 Å². The van der Waals surface area contributed by atoms with Gasteiger partial charge in [0.2, 0.25) is 23.6 Å². The van der Waals surface area contributed by atoms with E-state index in [4.69, 9.17) is 11.5 Å². The maximum absolute atomic E-state index is 13.6. The summed E-state index contributed by atoms with van der Waals surface area (Å²) < 4.78 is 0. The van der Waals surface area contributed by atoms with Crippen LogP contribution in [0.3, 0.4) is 0 Å². The van der Waals surface area contributed by atoms with E-state index in [0.29, 0.717) is 19.4 Å². The third-order valence-electron chi connectivity index (χ3n) is 6.54. The van der Waals surface area contributed by atoms with Gasteiger partial charge in [-0.25, -0.2) is 0 Å². The van der Waals surface area contributed by atoms with Gasteiger partial charge >= 0.3 is 0 Å². The van der Waals surface area contributed by atoms with Gasteiger partial charge in [-0.1, -0.05) is 60.7 Å². The third kappa shape index (κ3) is 12.7. The van der Waals surface area contributed by atoms with Crippen LogP contribution in [0.4, 0.5) is 0 Å². The number of nitrogens with two attached hydrogens (primary N) is 2. The van der Waals surface area contributed by atoms with Crippen molar-refractivity contribution in [2.75, 3.05) is 12.3 Å². The minimum absolute atomic E-state index is 0.0620. The zero-order chi connectivity index (χ0) is 31.8. The standard InChI is InChI=1S/C29H41N7O5S2/c30-14-8-7-13-21(26(39)34-22(24(32)37)15-18-9-3-1-4-10-18)33-27(40)23(16-19-11-5-2-6-12-19)35-28(41)29(43)36-25(38)20(31)17-42/h1-6,9-12,20-23,29,42-43H,7-8,13-17,30-31H2,(H2,32,37)(H,33,40)(H,34,39)(H,35,41)(H,36,38)/p+1/t20-,21-,22-,23-,29-/m0/s1. The van der Waals surface area contributed by atoms with E-state index in [-0.39, 0.29) is 25.0 Å². The number of thiol groups is 2. The number of carbonyl (C=O) groups is 5. The van der Waals surface area contributed by atoms with Crippen molar-refractivity contribution in [1.29, 1.82) is 0 Å². The number of primary amides is 1. The summed E-state index contributed by atoms with van der Waals surface area (Å²) in [6, 6.07) is 14.0. The third-order valence-corrected chi connectivity index (χ3v) is 7.30. The van der Waals surface area contributed by atoms with Crippen LogP contribution in [0.15, 0.2) is 60.7 Å². The molecule has 12 nitrogen and oxygen atoms in total. The minimum Gasteiger partial charge on any atom is -0.368 e. The molecule has 5 atom stereocenters. The smallest absolute Gasteiger partial charge is 0.253 e. The number of quaternary nitrogens is 1. The van der Waals surface area contributed by atoms with Gasteiger partial charge in [0.15, 0.2) is 5.37 Å². The van der Waals surface area contributed by atoms with E-state index < -0.39 is 59.1 Å². The Bertz CT molecular complexity index is 1210. The predicted molar refractivity (Wildman–Crippen MR) is 170 cm³/mol. The summed E-state index contributed by atoms with van der Waals surface area (Å²) >= 11 is 8.13. The van der Waals surface area contributed by atoms with Crippen LogP contribution >= 0.6 is 25.3 Å². The fourth-order valence-corrected chi connectivity index (χ4v) is 4.48. The van der Waals surface area contributed by atoms with E-state index in [1.54, 1.807) is 24.3 Å². The van der Waals surface area contributed by atoms with Crippen molar-refractivity contribution in [2.24, 2.45) is 11.5 Å². The molecule has 0 saturated carbocycles. The van der Waals surface area contributed by atoms with Crippen LogP contribution < -0.4 is 38.5 Å². The molecule has 0 aliphatic heterocycles. The molecule has 0 aliphatic carbocycles. The molecule has 0 saturated heterocycles. The lowest BCUT2D eigenvalue weighted by molar-refractivity contribution is -0.368. The molecule has 0 radical (unpaired) electrons. The van der Waals surface area contributed by atoms with Crippen molar-refractivity contribution in [2.45, 2.75) is 61.6 Å². The molecule has 2 aromatic carbocycles. The second-order valence-corrected chi connectivity index (χ2v) is 10.9. The molecule has 0 aliphatic rings. The highest BCUT2D eigenvalue weighted by molar-refractivity contribution is 7.81. The number of benzene rings is 2. The summed E-state index contributed by atoms with van der Waals surface area (Å²) in [6.07, 6.45) is 1.83. The molecule has 14 heteroatoms. The van der Waals surface area contributed by atoms with Gasteiger partial charge in [-0.2, -0.15) is 12.6 Å². The fourth-order valence-electron chi connectivity index (χ4n) is 4.11. The molecule has 11 N–H and O–H groups in total. The van der Waals surface area contributed by atoms with Crippen LogP contribution in [0.2, 0.25) is 0 Å². The normalized spacial score (nSPS) is 14.3. The molecule has 2 rings (SSSR count). The van der Waals surface area contributed by atoms with Gasteiger partial charge in [-0.05, 0) is 30.4 Å². The Balaban J connectivity index is 2.22. The Morgan fingerprint density at radius 2 is 1.19 bits per heavy atom. The molecule has 0 bridgehead atoms. The molecule has 43 heavy (non-hydrogen) atoms. The van der Waals surface area contributed by atoms with E-state index in [1.165, 1.54) is 0 Å². The highest BCUT2D eigenvalue weighted by atomic mass is 32.1. The molecule has 0 fully saturated rings. The van der Waals surface area contributed by atoms with Crippen LogP contribution in [-0.4, -0.2) is 71.4 Å². The van der Waals surface area contributed by atoms with E-state index in [0.717, 1.165) is 11.1 Å². The van der Waals surface area contributed by atoms with Gasteiger partial charge in [0.05, 0.1) is 12.6 Å². The van der Waals surface area contributed by atoms with E-state index in [2.05, 4.69) is 52.3 Å². The van der Waals surface area contributed by atoms with Crippen LogP contribution in [0.25, 0.3) is 0 Å². The summed E-state index contributed by atoms with van der Waals surface area (Å²) in [5, 5.41) is 9.10. The topological polar surface area (TPSA) is 213 Å². The van der Waals surface area contributed by atoms with Crippen molar-refractivity contribution < 1.29 is 29.7 Å². The van der Waals surface area contributed by atoms with Gasteiger partial charge in [0.1, 0.15) is 18.1 Å². The Morgan fingerprint density at radius 1 is 0.698 bits per heavy atom. The predicted octanol–water partition coefficient (Wildman–Crippen LogP) is -1.55. The molecule has 0 aromatic heterocycles. The summed E-state index contributed by atoms with van der Waals surface area (Å²) in [5.74, 6) is -3.24. The number of unbranched alkanes of at least 4 members (excludes halogenated alkanes) is 1. The maximum atomic E-state index is 13.6. The Morgan fingerprint density at radius 3 is 1.70 bits per heavy atom. The van der Waals surface area contributed by atoms with Crippen molar-refractivity contribution in [3.63, 3.8) is 0 Å². The lowest BCUT2D eigenvalue weighted by Crippen LogP contribution is -2.58. The van der Waals surface area contributed by atoms with Crippen molar-refractivity contribution >= 4 is 54.8 Å². The quantitative estimate of drug-likeness (QED) is 0.0539. The molecule has 0 heterocycles. The summed E-state index contributed by atoms with van der Waals surface area (Å²) in [6.45, 7) is 0.638. The van der Waals surface area contributed by atoms with Gasteiger partial charge in [-0.15, -0.1) is 12.6 Å². The van der Waals surface area contributed by atoms with Gasteiger partial charge < -0.3 is 38.5 Å². The number of carbonyl (C=O) groups excluding carboxylic acids is 5. The molecular weight excluding hydrogens is 590 g/mol. The first-order valence-electron chi connectivity index (χ1n) is 14.0. The van der Waals surface area contributed by atoms with E-state index in [9.17, 15) is 24.0 Å². The molecule has 234 valence electrons. The average molecular weight is 633 g/mol. The summed E-state index contributed by atoms with van der Waals surface area (Å²) in [7, 11) is 0. The SMILES string of the molecule is NC(=O)[C@H](Cc1ccccc1)NC(=O)[C@H](CCCC[NH3+])NC(=O)[C@H](Cc1ccccc1)NC(=O)[C@H](S)NC(=O)[C@@H](N)CS. The van der Waals surface area contributed by atoms with Gasteiger partial charge in [0, 0.05) is 18.6 Å². The van der Waals surface area contributed by atoms with Crippen LogP contribution in [0, 0.1) is 0 Å². The first-order chi connectivity index (χ1) is 20.5. The second kappa shape index (κ2) is 18.8. The first-order valence-corrected chi connectivity index (χ1v) is 15.1. The molecule has 2 aromatic rings. The minimum atomic E-state index is -1.30. The average Bonchev–Trinajstić information content (AvgIpc) is 3.00. The largest absolute Gasteiger partial charge is 0.368 e. The lowest BCUT2D eigenvalue weighted by atomic mass is 10.0. The number of hydrogen-bond donors (Lipinski definition) is 9. The van der Waals surface area contributed by atoms with Gasteiger partial charge in [0.25, 0.3) is 5.91 Å². The number of rotatable bonds is 18. The lowest BCUT2D eigenvalue weighted by Gasteiger charge is -2.26. The van der Waals surface area contributed by atoms with E-state index >= 15 is 0 Å². The van der Waals surface area contributed by atoms with Crippen LogP contribution in [0.5, 0.6) is 0 Å². The van der Waals surface area contributed by atoms with Crippen LogP contribution in [0.1, 0.15) is 30.4 Å². The van der Waals surface area contributed by atoms with Crippen LogP contribution in [-0.2, 0) is 36.8 Å².